The standard InChI is InChI=1S/C16H19FN2O3S2/c1-11(15(21)18-13-6-4-5-12(17)9-13)22-14(20)10-24-16(23)19-7-2-3-8-19/h4-6,9,11H,2-3,7-8,10H2,1H3,(H,18,21)/t11-/m1/s1. The van der Waals surface area contributed by atoms with E-state index in [0.29, 0.717) is 10.0 Å². The van der Waals surface area contributed by atoms with E-state index >= 15 is 0 Å². The largest absolute Gasteiger partial charge is 0.452 e. The Balaban J connectivity index is 1.74. The van der Waals surface area contributed by atoms with Crippen molar-refractivity contribution in [3.8, 4) is 0 Å². The molecule has 1 heterocycles. The van der Waals surface area contributed by atoms with Crippen LogP contribution in [0, 0.1) is 5.82 Å². The maximum absolute atomic E-state index is 13.1. The maximum atomic E-state index is 13.1. The first-order chi connectivity index (χ1) is 11.5. The van der Waals surface area contributed by atoms with Gasteiger partial charge in [0.05, 0.1) is 5.75 Å². The van der Waals surface area contributed by atoms with Crippen molar-refractivity contribution < 1.29 is 18.7 Å². The van der Waals surface area contributed by atoms with Gasteiger partial charge < -0.3 is 15.0 Å². The molecule has 0 radical (unpaired) electrons. The molecule has 0 aromatic heterocycles. The van der Waals surface area contributed by atoms with Gasteiger partial charge in [0.25, 0.3) is 5.91 Å². The zero-order valence-electron chi connectivity index (χ0n) is 13.3. The Morgan fingerprint density at radius 3 is 2.79 bits per heavy atom. The average Bonchev–Trinajstić information content (AvgIpc) is 3.07. The first-order valence-electron chi connectivity index (χ1n) is 7.63. The van der Waals surface area contributed by atoms with Crippen LogP contribution in [-0.4, -0.2) is 46.0 Å². The zero-order chi connectivity index (χ0) is 17.5. The Labute approximate surface area is 149 Å². The number of anilines is 1. The summed E-state index contributed by atoms with van der Waals surface area (Å²) in [6.07, 6.45) is 1.26. The van der Waals surface area contributed by atoms with Gasteiger partial charge in [-0.05, 0) is 38.0 Å². The smallest absolute Gasteiger partial charge is 0.317 e. The first kappa shape index (κ1) is 18.7. The van der Waals surface area contributed by atoms with Gasteiger partial charge in [-0.15, -0.1) is 0 Å². The number of likely N-dealkylation sites (tertiary alicyclic amines) is 1. The maximum Gasteiger partial charge on any atom is 0.317 e. The molecule has 0 aliphatic carbocycles. The van der Waals surface area contributed by atoms with Crippen LogP contribution in [0.4, 0.5) is 10.1 Å². The monoisotopic (exact) mass is 370 g/mol. The lowest BCUT2D eigenvalue weighted by atomic mass is 10.3. The van der Waals surface area contributed by atoms with Crippen LogP contribution >= 0.6 is 24.0 Å². The highest BCUT2D eigenvalue weighted by Crippen LogP contribution is 2.16. The van der Waals surface area contributed by atoms with Crippen molar-refractivity contribution in [3.63, 3.8) is 0 Å². The van der Waals surface area contributed by atoms with Gasteiger partial charge in [-0.25, -0.2) is 4.39 Å². The van der Waals surface area contributed by atoms with Gasteiger partial charge in [0.1, 0.15) is 10.1 Å². The van der Waals surface area contributed by atoms with E-state index in [1.807, 2.05) is 0 Å². The highest BCUT2D eigenvalue weighted by molar-refractivity contribution is 8.23. The van der Waals surface area contributed by atoms with Crippen LogP contribution in [0.15, 0.2) is 24.3 Å². The van der Waals surface area contributed by atoms with Crippen molar-refractivity contribution in [1.82, 2.24) is 4.90 Å². The van der Waals surface area contributed by atoms with Gasteiger partial charge in [-0.3, -0.25) is 9.59 Å². The Morgan fingerprint density at radius 1 is 1.42 bits per heavy atom. The number of thioether (sulfide) groups is 1. The highest BCUT2D eigenvalue weighted by Gasteiger charge is 2.20. The summed E-state index contributed by atoms with van der Waals surface area (Å²) in [4.78, 5) is 25.8. The van der Waals surface area contributed by atoms with E-state index in [1.165, 1.54) is 36.9 Å². The molecule has 1 aromatic rings. The van der Waals surface area contributed by atoms with E-state index in [9.17, 15) is 14.0 Å². The predicted octanol–water partition coefficient (Wildman–Crippen LogP) is 2.81. The van der Waals surface area contributed by atoms with Crippen LogP contribution in [0.5, 0.6) is 0 Å². The molecule has 1 saturated heterocycles. The van der Waals surface area contributed by atoms with Crippen molar-refractivity contribution in [1.29, 1.82) is 0 Å². The van der Waals surface area contributed by atoms with Crippen LogP contribution in [0.3, 0.4) is 0 Å². The summed E-state index contributed by atoms with van der Waals surface area (Å²) in [6.45, 7) is 3.32. The summed E-state index contributed by atoms with van der Waals surface area (Å²) >= 11 is 6.51. The van der Waals surface area contributed by atoms with Crippen LogP contribution < -0.4 is 5.32 Å². The molecule has 24 heavy (non-hydrogen) atoms. The number of ether oxygens (including phenoxy) is 1. The molecule has 1 atom stereocenters. The van der Waals surface area contributed by atoms with Gasteiger partial charge in [-0.1, -0.05) is 30.0 Å². The molecule has 0 spiro atoms. The van der Waals surface area contributed by atoms with Crippen LogP contribution in [0.1, 0.15) is 19.8 Å². The molecule has 8 heteroatoms. The molecule has 1 aliphatic rings. The summed E-state index contributed by atoms with van der Waals surface area (Å²) in [5.74, 6) is -1.42. The molecule has 1 aromatic carbocycles. The van der Waals surface area contributed by atoms with Gasteiger partial charge in [-0.2, -0.15) is 0 Å². The number of amides is 1. The normalized spacial score (nSPS) is 15.0. The third-order valence-corrected chi connectivity index (χ3v) is 4.94. The number of benzene rings is 1. The minimum Gasteiger partial charge on any atom is -0.452 e. The number of thiocarbonyl (C=S) groups is 1. The Bertz CT molecular complexity index is 621. The molecule has 1 N–H and O–H groups in total. The summed E-state index contributed by atoms with van der Waals surface area (Å²) in [5, 5.41) is 2.50. The molecule has 0 unspecified atom stereocenters. The minimum absolute atomic E-state index is 0.0624. The van der Waals surface area contributed by atoms with E-state index in [1.54, 1.807) is 6.07 Å². The second-order valence-corrected chi connectivity index (χ2v) is 6.99. The molecule has 0 saturated carbocycles. The van der Waals surface area contributed by atoms with E-state index in [0.717, 1.165) is 25.9 Å². The number of carbonyl (C=O) groups is 2. The van der Waals surface area contributed by atoms with Crippen molar-refractivity contribution in [3.05, 3.63) is 30.1 Å². The van der Waals surface area contributed by atoms with Gasteiger partial charge in [0, 0.05) is 18.8 Å². The Kier molecular flexibility index (Phi) is 6.99. The van der Waals surface area contributed by atoms with Crippen molar-refractivity contribution in [2.75, 3.05) is 24.2 Å². The Hall–Kier alpha value is -1.67. The quantitative estimate of drug-likeness (QED) is 0.635. The SMILES string of the molecule is C[C@@H](OC(=O)CSC(=S)N1CCCC1)C(=O)Nc1cccc(F)c1. The molecule has 130 valence electrons. The molecule has 2 rings (SSSR count). The third-order valence-electron chi connectivity index (χ3n) is 3.45. The molecular formula is C16H19FN2O3S2. The van der Waals surface area contributed by atoms with Crippen molar-refractivity contribution in [2.45, 2.75) is 25.9 Å². The number of halogens is 1. The van der Waals surface area contributed by atoms with Crippen LogP contribution in [0.2, 0.25) is 0 Å². The van der Waals surface area contributed by atoms with Crippen LogP contribution in [0.25, 0.3) is 0 Å². The molecular weight excluding hydrogens is 351 g/mol. The number of nitrogens with one attached hydrogen (secondary N) is 1. The third kappa shape index (κ3) is 5.76. The summed E-state index contributed by atoms with van der Waals surface area (Å²) < 4.78 is 18.8. The van der Waals surface area contributed by atoms with Crippen molar-refractivity contribution in [2.24, 2.45) is 0 Å². The summed E-state index contributed by atoms with van der Waals surface area (Å²) in [7, 11) is 0. The van der Waals surface area contributed by atoms with E-state index in [4.69, 9.17) is 17.0 Å². The lowest BCUT2D eigenvalue weighted by molar-refractivity contribution is -0.150. The van der Waals surface area contributed by atoms with E-state index < -0.39 is 23.8 Å². The lowest BCUT2D eigenvalue weighted by Crippen LogP contribution is -2.31. The summed E-state index contributed by atoms with van der Waals surface area (Å²) in [6, 6.07) is 5.51. The minimum atomic E-state index is -0.971. The number of hydrogen-bond acceptors (Lipinski definition) is 5. The second-order valence-electron chi connectivity index (χ2n) is 5.38. The van der Waals surface area contributed by atoms with Gasteiger partial charge in [0.15, 0.2) is 6.10 Å². The average molecular weight is 370 g/mol. The number of nitrogens with zero attached hydrogens (tertiary/aromatic N) is 1. The number of rotatable bonds is 5. The van der Waals surface area contributed by atoms with Gasteiger partial charge in [0.2, 0.25) is 0 Å². The molecule has 1 fully saturated rings. The fourth-order valence-electron chi connectivity index (χ4n) is 2.21. The molecule has 1 aliphatic heterocycles. The fraction of sp³-hybridized carbons (Fsp3) is 0.438. The topological polar surface area (TPSA) is 58.6 Å². The summed E-state index contributed by atoms with van der Waals surface area (Å²) in [5.41, 5.74) is 0.312. The predicted molar refractivity (Wildman–Crippen MR) is 96.4 cm³/mol. The zero-order valence-corrected chi connectivity index (χ0v) is 14.9. The fourth-order valence-corrected chi connectivity index (χ4v) is 3.24. The molecule has 5 nitrogen and oxygen atoms in total. The van der Waals surface area contributed by atoms with E-state index in [-0.39, 0.29) is 5.75 Å². The van der Waals surface area contributed by atoms with Crippen LogP contribution in [-0.2, 0) is 14.3 Å². The number of esters is 1. The van der Waals surface area contributed by atoms with Gasteiger partial charge >= 0.3 is 5.97 Å². The molecule has 0 bridgehead atoms. The lowest BCUT2D eigenvalue weighted by Gasteiger charge is -2.18. The number of hydrogen-bond donors (Lipinski definition) is 1. The second kappa shape index (κ2) is 8.98. The molecule has 1 amide bonds. The number of carbonyl (C=O) groups excluding carboxylic acids is 2. The van der Waals surface area contributed by atoms with E-state index in [2.05, 4.69) is 10.2 Å². The Morgan fingerprint density at radius 2 is 2.12 bits per heavy atom. The highest BCUT2D eigenvalue weighted by atomic mass is 32.2. The van der Waals surface area contributed by atoms with Crippen molar-refractivity contribution >= 4 is 45.9 Å². The first-order valence-corrected chi connectivity index (χ1v) is 9.02.